The molecule has 3 rings (SSSR count). The molecule has 0 radical (unpaired) electrons. The molecule has 0 bridgehead atoms. The van der Waals surface area contributed by atoms with Gasteiger partial charge in [-0.05, 0) is 44.5 Å². The second-order valence-electron chi connectivity index (χ2n) is 6.66. The smallest absolute Gasteiger partial charge is 0.255 e. The number of ether oxygens (including phenoxy) is 1. The largest absolute Gasteiger partial charge is 0.475 e. The number of thioether (sulfide) groups is 1. The topological polar surface area (TPSA) is 42.4 Å². The lowest BCUT2D eigenvalue weighted by molar-refractivity contribution is 0.0766. The van der Waals surface area contributed by atoms with Crippen molar-refractivity contribution in [1.29, 1.82) is 0 Å². The third-order valence-corrected chi connectivity index (χ3v) is 5.58. The molecular weight excluding hydrogens is 370 g/mol. The van der Waals surface area contributed by atoms with Crippen molar-refractivity contribution in [2.75, 3.05) is 18.8 Å². The first kappa shape index (κ1) is 19.6. The summed E-state index contributed by atoms with van der Waals surface area (Å²) in [7, 11) is 0. The van der Waals surface area contributed by atoms with Crippen LogP contribution in [-0.2, 0) is 0 Å². The number of rotatable bonds is 4. The lowest BCUT2D eigenvalue weighted by atomic mass is 10.1. The predicted molar refractivity (Wildman–Crippen MR) is 102 cm³/mol. The standard InChI is InChI=1S/C20H22F2N2O2S/c1-13(2)26-19-6-3-14(12-23-19)20(25)24-8-7-18(27-10-9-24)16-11-15(21)4-5-17(16)22/h3-6,11-13,18H,7-10H2,1-2H3/t18-/m0/s1. The molecule has 1 fully saturated rings. The van der Waals surface area contributed by atoms with E-state index in [1.807, 2.05) is 13.8 Å². The van der Waals surface area contributed by atoms with Gasteiger partial charge in [0.1, 0.15) is 11.6 Å². The van der Waals surface area contributed by atoms with E-state index in [2.05, 4.69) is 4.98 Å². The van der Waals surface area contributed by atoms with Gasteiger partial charge < -0.3 is 9.64 Å². The van der Waals surface area contributed by atoms with Crippen LogP contribution in [0.2, 0.25) is 0 Å². The monoisotopic (exact) mass is 392 g/mol. The van der Waals surface area contributed by atoms with Gasteiger partial charge in [-0.2, -0.15) is 11.8 Å². The quantitative estimate of drug-likeness (QED) is 0.770. The minimum atomic E-state index is -0.445. The van der Waals surface area contributed by atoms with E-state index in [1.165, 1.54) is 12.3 Å². The maximum absolute atomic E-state index is 14.1. The van der Waals surface area contributed by atoms with Crippen molar-refractivity contribution < 1.29 is 18.3 Å². The van der Waals surface area contributed by atoms with Gasteiger partial charge in [0.15, 0.2) is 0 Å². The van der Waals surface area contributed by atoms with Gasteiger partial charge in [-0.15, -0.1) is 0 Å². The summed E-state index contributed by atoms with van der Waals surface area (Å²) in [5.41, 5.74) is 0.859. The van der Waals surface area contributed by atoms with Crippen LogP contribution in [0.4, 0.5) is 8.78 Å². The SMILES string of the molecule is CC(C)Oc1ccc(C(=O)N2CCS[C@H](c3cc(F)ccc3F)CC2)cn1. The molecule has 7 heteroatoms. The third kappa shape index (κ3) is 4.97. The lowest BCUT2D eigenvalue weighted by Crippen LogP contribution is -2.33. The van der Waals surface area contributed by atoms with Crippen molar-refractivity contribution in [2.24, 2.45) is 0 Å². The molecule has 0 N–H and O–H groups in total. The van der Waals surface area contributed by atoms with E-state index in [-0.39, 0.29) is 17.3 Å². The van der Waals surface area contributed by atoms with Gasteiger partial charge in [0.05, 0.1) is 11.7 Å². The normalized spacial score (nSPS) is 17.7. The summed E-state index contributed by atoms with van der Waals surface area (Å²) in [6, 6.07) is 6.92. The maximum atomic E-state index is 14.1. The lowest BCUT2D eigenvalue weighted by Gasteiger charge is -2.20. The molecule has 144 valence electrons. The summed E-state index contributed by atoms with van der Waals surface area (Å²) in [6.45, 7) is 4.86. The van der Waals surface area contributed by atoms with Crippen molar-refractivity contribution in [1.82, 2.24) is 9.88 Å². The van der Waals surface area contributed by atoms with Crippen LogP contribution in [0.15, 0.2) is 36.5 Å². The van der Waals surface area contributed by atoms with Crippen molar-refractivity contribution >= 4 is 17.7 Å². The Balaban J connectivity index is 1.66. The predicted octanol–water partition coefficient (Wildman–Crippen LogP) is 4.47. The Morgan fingerprint density at radius 2 is 2.07 bits per heavy atom. The van der Waals surface area contributed by atoms with Crippen LogP contribution < -0.4 is 4.74 Å². The number of carbonyl (C=O) groups excluding carboxylic acids is 1. The fourth-order valence-electron chi connectivity index (χ4n) is 2.98. The van der Waals surface area contributed by atoms with Crippen LogP contribution >= 0.6 is 11.8 Å². The van der Waals surface area contributed by atoms with E-state index in [0.29, 0.717) is 42.3 Å². The molecule has 0 aliphatic carbocycles. The van der Waals surface area contributed by atoms with Gasteiger partial charge in [0, 0.05) is 41.9 Å². The Morgan fingerprint density at radius 1 is 1.26 bits per heavy atom. The molecule has 1 aromatic heterocycles. The number of benzene rings is 1. The number of nitrogens with zero attached hydrogens (tertiary/aromatic N) is 2. The van der Waals surface area contributed by atoms with E-state index in [9.17, 15) is 13.6 Å². The average molecular weight is 392 g/mol. The van der Waals surface area contributed by atoms with Crippen LogP contribution in [0.1, 0.15) is 41.4 Å². The van der Waals surface area contributed by atoms with Gasteiger partial charge >= 0.3 is 0 Å². The van der Waals surface area contributed by atoms with Crippen molar-refractivity contribution in [3.05, 3.63) is 59.3 Å². The van der Waals surface area contributed by atoms with Crippen LogP contribution in [-0.4, -0.2) is 40.7 Å². The first-order chi connectivity index (χ1) is 12.9. The highest BCUT2D eigenvalue weighted by molar-refractivity contribution is 7.99. The molecule has 1 aliphatic heterocycles. The Bertz CT molecular complexity index is 799. The zero-order valence-electron chi connectivity index (χ0n) is 15.3. The Labute approximate surface area is 161 Å². The summed E-state index contributed by atoms with van der Waals surface area (Å²) in [5.74, 6) is 0.181. The van der Waals surface area contributed by atoms with Gasteiger partial charge in [0.2, 0.25) is 5.88 Å². The minimum Gasteiger partial charge on any atom is -0.475 e. The first-order valence-electron chi connectivity index (χ1n) is 8.92. The van der Waals surface area contributed by atoms with E-state index in [4.69, 9.17) is 4.74 Å². The van der Waals surface area contributed by atoms with Gasteiger partial charge in [0.25, 0.3) is 5.91 Å². The number of pyridine rings is 1. The molecule has 0 unspecified atom stereocenters. The van der Waals surface area contributed by atoms with Crippen LogP contribution in [0.25, 0.3) is 0 Å². The van der Waals surface area contributed by atoms with Crippen molar-refractivity contribution in [2.45, 2.75) is 31.6 Å². The number of hydrogen-bond donors (Lipinski definition) is 0. The molecular formula is C20H22F2N2O2S. The van der Waals surface area contributed by atoms with E-state index in [0.717, 1.165) is 12.1 Å². The van der Waals surface area contributed by atoms with Crippen LogP contribution in [0.3, 0.4) is 0 Å². The summed E-state index contributed by atoms with van der Waals surface area (Å²) in [5, 5.41) is -0.168. The van der Waals surface area contributed by atoms with E-state index in [1.54, 1.807) is 28.8 Å². The highest BCUT2D eigenvalue weighted by Gasteiger charge is 2.25. The second-order valence-corrected chi connectivity index (χ2v) is 7.97. The number of carbonyl (C=O) groups is 1. The molecule has 1 saturated heterocycles. The van der Waals surface area contributed by atoms with Crippen molar-refractivity contribution in [3.8, 4) is 5.88 Å². The van der Waals surface area contributed by atoms with Gasteiger partial charge in [-0.1, -0.05) is 0 Å². The highest BCUT2D eigenvalue weighted by atomic mass is 32.2. The number of amides is 1. The molecule has 0 spiro atoms. The zero-order valence-corrected chi connectivity index (χ0v) is 16.1. The number of aromatic nitrogens is 1. The Kier molecular flexibility index (Phi) is 6.31. The Hall–Kier alpha value is -2.15. The summed E-state index contributed by atoms with van der Waals surface area (Å²) in [6.07, 6.45) is 2.10. The number of hydrogen-bond acceptors (Lipinski definition) is 4. The zero-order chi connectivity index (χ0) is 19.4. The fourth-order valence-corrected chi connectivity index (χ4v) is 4.23. The molecule has 1 aromatic carbocycles. The first-order valence-corrected chi connectivity index (χ1v) is 9.97. The van der Waals surface area contributed by atoms with Crippen LogP contribution in [0, 0.1) is 11.6 Å². The van der Waals surface area contributed by atoms with Gasteiger partial charge in [-0.3, -0.25) is 4.79 Å². The third-order valence-electron chi connectivity index (χ3n) is 4.27. The summed E-state index contributed by atoms with van der Waals surface area (Å²) in [4.78, 5) is 18.7. The molecule has 1 aliphatic rings. The van der Waals surface area contributed by atoms with E-state index < -0.39 is 11.6 Å². The highest BCUT2D eigenvalue weighted by Crippen LogP contribution is 2.36. The maximum Gasteiger partial charge on any atom is 0.255 e. The average Bonchev–Trinajstić information content (AvgIpc) is 2.89. The molecule has 2 heterocycles. The van der Waals surface area contributed by atoms with Gasteiger partial charge in [-0.25, -0.2) is 13.8 Å². The molecule has 1 atom stereocenters. The molecule has 1 amide bonds. The van der Waals surface area contributed by atoms with E-state index >= 15 is 0 Å². The Morgan fingerprint density at radius 3 is 2.78 bits per heavy atom. The molecule has 27 heavy (non-hydrogen) atoms. The number of halogens is 2. The van der Waals surface area contributed by atoms with Crippen molar-refractivity contribution in [3.63, 3.8) is 0 Å². The molecule has 4 nitrogen and oxygen atoms in total. The fraction of sp³-hybridized carbons (Fsp3) is 0.400. The summed E-state index contributed by atoms with van der Waals surface area (Å²) < 4.78 is 33.0. The second kappa shape index (κ2) is 8.69. The van der Waals surface area contributed by atoms with Crippen LogP contribution in [0.5, 0.6) is 5.88 Å². The molecule has 2 aromatic rings. The summed E-state index contributed by atoms with van der Waals surface area (Å²) >= 11 is 1.55. The minimum absolute atomic E-state index is 0.0156. The molecule has 0 saturated carbocycles.